The molecule has 0 saturated heterocycles. The van der Waals surface area contributed by atoms with Crippen LogP contribution in [0.1, 0.15) is 19.8 Å². The normalized spacial score (nSPS) is 24.1. The zero-order valence-electron chi connectivity index (χ0n) is 9.02. The second-order valence-corrected chi connectivity index (χ2v) is 3.82. The summed E-state index contributed by atoms with van der Waals surface area (Å²) in [6.45, 7) is 2.16. The predicted octanol–water partition coefficient (Wildman–Crippen LogP) is 3.73. The zero-order chi connectivity index (χ0) is 10.6. The van der Waals surface area contributed by atoms with Gasteiger partial charge in [0.25, 0.3) is 0 Å². The molecule has 1 aliphatic rings. The average molecular weight is 200 g/mol. The van der Waals surface area contributed by atoms with Crippen LogP contribution in [0.15, 0.2) is 54.6 Å². The lowest BCUT2D eigenvalue weighted by atomic mass is 9.92. The molecule has 0 radical (unpaired) electrons. The Bertz CT molecular complexity index is 364. The van der Waals surface area contributed by atoms with Crippen LogP contribution in [0.25, 0.3) is 0 Å². The minimum Gasteiger partial charge on any atom is -0.483 e. The molecule has 0 bridgehead atoms. The van der Waals surface area contributed by atoms with Crippen molar-refractivity contribution in [3.8, 4) is 5.75 Å². The third-order valence-corrected chi connectivity index (χ3v) is 2.77. The number of para-hydroxylation sites is 1. The van der Waals surface area contributed by atoms with E-state index in [0.717, 1.165) is 18.6 Å². The summed E-state index contributed by atoms with van der Waals surface area (Å²) in [5.74, 6) is 0.944. The molecule has 1 aliphatic carbocycles. The molecule has 0 aliphatic heterocycles. The van der Waals surface area contributed by atoms with E-state index in [9.17, 15) is 0 Å². The van der Waals surface area contributed by atoms with Gasteiger partial charge in [-0.05, 0) is 24.6 Å². The van der Waals surface area contributed by atoms with Crippen LogP contribution in [0.2, 0.25) is 0 Å². The first-order valence-electron chi connectivity index (χ1n) is 5.43. The molecule has 0 aromatic heterocycles. The molecule has 1 aromatic rings. The third-order valence-electron chi connectivity index (χ3n) is 2.77. The quantitative estimate of drug-likeness (QED) is 0.722. The first kappa shape index (κ1) is 10.0. The van der Waals surface area contributed by atoms with Crippen LogP contribution in [-0.2, 0) is 0 Å². The monoisotopic (exact) mass is 200 g/mol. The van der Waals surface area contributed by atoms with E-state index in [1.807, 2.05) is 30.3 Å². The van der Waals surface area contributed by atoms with Crippen molar-refractivity contribution >= 4 is 0 Å². The minimum absolute atomic E-state index is 0.143. The molecule has 2 rings (SSSR count). The van der Waals surface area contributed by atoms with E-state index >= 15 is 0 Å². The number of rotatable bonds is 3. The first-order chi connectivity index (χ1) is 7.35. The van der Waals surface area contributed by atoms with Gasteiger partial charge in [-0.15, -0.1) is 0 Å². The fourth-order valence-corrected chi connectivity index (χ4v) is 1.78. The Morgan fingerprint density at radius 2 is 2.00 bits per heavy atom. The van der Waals surface area contributed by atoms with Gasteiger partial charge in [-0.2, -0.15) is 0 Å². The summed E-state index contributed by atoms with van der Waals surface area (Å²) in [6, 6.07) is 10.0. The fraction of sp³-hybridized carbons (Fsp3) is 0.286. The molecule has 0 saturated carbocycles. The summed E-state index contributed by atoms with van der Waals surface area (Å²) < 4.78 is 6.05. The number of allylic oxidation sites excluding steroid dienone is 2. The number of hydrogen-bond acceptors (Lipinski definition) is 1. The van der Waals surface area contributed by atoms with Crippen LogP contribution in [0.4, 0.5) is 0 Å². The van der Waals surface area contributed by atoms with E-state index in [2.05, 4.69) is 31.2 Å². The van der Waals surface area contributed by atoms with Crippen molar-refractivity contribution in [2.45, 2.75) is 25.4 Å². The van der Waals surface area contributed by atoms with E-state index in [1.165, 1.54) is 0 Å². The molecule has 15 heavy (non-hydrogen) atoms. The molecule has 1 heteroatoms. The zero-order valence-corrected chi connectivity index (χ0v) is 9.02. The van der Waals surface area contributed by atoms with Gasteiger partial charge >= 0.3 is 0 Å². The summed E-state index contributed by atoms with van der Waals surface area (Å²) in [5.41, 5.74) is -0.143. The molecule has 0 N–H and O–H groups in total. The lowest BCUT2D eigenvalue weighted by Crippen LogP contribution is -2.33. The molecule has 0 fully saturated rings. The number of hydrogen-bond donors (Lipinski definition) is 0. The Hall–Kier alpha value is -1.50. The van der Waals surface area contributed by atoms with E-state index in [-0.39, 0.29) is 5.60 Å². The molecule has 1 atom stereocenters. The molecule has 0 amide bonds. The van der Waals surface area contributed by atoms with Crippen LogP contribution >= 0.6 is 0 Å². The van der Waals surface area contributed by atoms with E-state index < -0.39 is 0 Å². The van der Waals surface area contributed by atoms with Crippen LogP contribution < -0.4 is 4.74 Å². The third kappa shape index (κ3) is 2.30. The van der Waals surface area contributed by atoms with Gasteiger partial charge in [0.2, 0.25) is 0 Å². The Morgan fingerprint density at radius 1 is 1.20 bits per heavy atom. The van der Waals surface area contributed by atoms with Crippen LogP contribution in [0.5, 0.6) is 5.75 Å². The van der Waals surface area contributed by atoms with Crippen molar-refractivity contribution in [2.24, 2.45) is 0 Å². The van der Waals surface area contributed by atoms with Crippen LogP contribution in [0, 0.1) is 0 Å². The lowest BCUT2D eigenvalue weighted by Gasteiger charge is -2.31. The van der Waals surface area contributed by atoms with Crippen molar-refractivity contribution < 1.29 is 4.74 Å². The van der Waals surface area contributed by atoms with Gasteiger partial charge in [0.15, 0.2) is 0 Å². The predicted molar refractivity (Wildman–Crippen MR) is 63.0 cm³/mol. The standard InChI is InChI=1S/C14H16O/c1-2-14(11-7-4-8-12-14)15-13-9-5-3-6-10-13/h3-11H,2,12H2,1H3. The van der Waals surface area contributed by atoms with Gasteiger partial charge in [0.1, 0.15) is 11.4 Å². The second kappa shape index (κ2) is 4.35. The Labute approximate surface area is 91.1 Å². The van der Waals surface area contributed by atoms with Crippen molar-refractivity contribution in [3.05, 3.63) is 54.6 Å². The van der Waals surface area contributed by atoms with Gasteiger partial charge < -0.3 is 4.74 Å². The van der Waals surface area contributed by atoms with Gasteiger partial charge in [-0.3, -0.25) is 0 Å². The highest BCUT2D eigenvalue weighted by Crippen LogP contribution is 2.28. The SMILES string of the molecule is CCC1(Oc2ccccc2)C=CC=CC1. The summed E-state index contributed by atoms with van der Waals surface area (Å²) in [4.78, 5) is 0. The molecule has 1 aromatic carbocycles. The largest absolute Gasteiger partial charge is 0.483 e. The molecule has 1 nitrogen and oxygen atoms in total. The second-order valence-electron chi connectivity index (χ2n) is 3.82. The van der Waals surface area contributed by atoms with Crippen LogP contribution in [0.3, 0.4) is 0 Å². The topological polar surface area (TPSA) is 9.23 Å². The minimum atomic E-state index is -0.143. The Morgan fingerprint density at radius 3 is 2.60 bits per heavy atom. The maximum absolute atomic E-state index is 6.05. The molecule has 0 heterocycles. The lowest BCUT2D eigenvalue weighted by molar-refractivity contribution is 0.117. The van der Waals surface area contributed by atoms with Crippen molar-refractivity contribution in [1.29, 1.82) is 0 Å². The molecule has 1 unspecified atom stereocenters. The fourth-order valence-electron chi connectivity index (χ4n) is 1.78. The highest BCUT2D eigenvalue weighted by Gasteiger charge is 2.26. The Kier molecular flexibility index (Phi) is 2.91. The molecule has 0 spiro atoms. The van der Waals surface area contributed by atoms with Crippen LogP contribution in [-0.4, -0.2) is 5.60 Å². The van der Waals surface area contributed by atoms with Crippen molar-refractivity contribution in [1.82, 2.24) is 0 Å². The Balaban J connectivity index is 2.15. The summed E-state index contributed by atoms with van der Waals surface area (Å²) in [5, 5.41) is 0. The maximum atomic E-state index is 6.05. The van der Waals surface area contributed by atoms with Crippen molar-refractivity contribution in [2.75, 3.05) is 0 Å². The summed E-state index contributed by atoms with van der Waals surface area (Å²) in [7, 11) is 0. The molecular formula is C14H16O. The van der Waals surface area contributed by atoms with Crippen molar-refractivity contribution in [3.63, 3.8) is 0 Å². The van der Waals surface area contributed by atoms with E-state index in [1.54, 1.807) is 0 Å². The summed E-state index contributed by atoms with van der Waals surface area (Å²) >= 11 is 0. The highest BCUT2D eigenvalue weighted by atomic mass is 16.5. The van der Waals surface area contributed by atoms with Gasteiger partial charge in [0.05, 0.1) is 0 Å². The molecular weight excluding hydrogens is 184 g/mol. The van der Waals surface area contributed by atoms with E-state index in [0.29, 0.717) is 0 Å². The maximum Gasteiger partial charge on any atom is 0.131 e. The molecule has 78 valence electrons. The van der Waals surface area contributed by atoms with Gasteiger partial charge in [0, 0.05) is 6.42 Å². The highest BCUT2D eigenvalue weighted by molar-refractivity contribution is 5.26. The van der Waals surface area contributed by atoms with Gasteiger partial charge in [-0.1, -0.05) is 43.4 Å². The van der Waals surface area contributed by atoms with Gasteiger partial charge in [-0.25, -0.2) is 0 Å². The number of benzene rings is 1. The van der Waals surface area contributed by atoms with E-state index in [4.69, 9.17) is 4.74 Å². The number of ether oxygens (including phenoxy) is 1. The smallest absolute Gasteiger partial charge is 0.131 e. The first-order valence-corrected chi connectivity index (χ1v) is 5.43. The summed E-state index contributed by atoms with van der Waals surface area (Å²) in [6.07, 6.45) is 10.4. The average Bonchev–Trinajstić information content (AvgIpc) is 2.32.